The molecule has 0 saturated carbocycles. The lowest BCUT2D eigenvalue weighted by Gasteiger charge is -2.33. The lowest BCUT2D eigenvalue weighted by molar-refractivity contribution is -0.141. The number of carbonyl (C=O) groups is 1. The number of methoxy groups -OCH3 is 1. The summed E-state index contributed by atoms with van der Waals surface area (Å²) < 4.78 is 56.9. The molecule has 1 fully saturated rings. The molecule has 0 aliphatic carbocycles. The maximum Gasteiger partial charge on any atom is 0.433 e. The minimum absolute atomic E-state index is 0.0490. The third kappa shape index (κ3) is 4.49. The van der Waals surface area contributed by atoms with Crippen molar-refractivity contribution < 1.29 is 27.1 Å². The summed E-state index contributed by atoms with van der Waals surface area (Å²) in [7, 11) is 1.33. The van der Waals surface area contributed by atoms with E-state index in [1.807, 2.05) is 0 Å². The smallest absolute Gasteiger partial charge is 0.433 e. The van der Waals surface area contributed by atoms with Gasteiger partial charge in [0.25, 0.3) is 5.91 Å². The molecule has 1 N–H and O–H groups in total. The molecule has 2 heterocycles. The van der Waals surface area contributed by atoms with Gasteiger partial charge in [0.05, 0.1) is 7.11 Å². The SMILES string of the molecule is COc1ccc(C(=O)NC2CCN(c3cc(C(F)(F)F)ncn3)CC2)cc1F. The van der Waals surface area contributed by atoms with Crippen LogP contribution in [0.3, 0.4) is 0 Å². The van der Waals surface area contributed by atoms with E-state index in [0.29, 0.717) is 25.9 Å². The van der Waals surface area contributed by atoms with Crippen LogP contribution in [0.15, 0.2) is 30.6 Å². The lowest BCUT2D eigenvalue weighted by atomic mass is 10.0. The van der Waals surface area contributed by atoms with Crippen molar-refractivity contribution in [3.05, 3.63) is 47.7 Å². The monoisotopic (exact) mass is 398 g/mol. The Hall–Kier alpha value is -2.91. The minimum atomic E-state index is -4.53. The van der Waals surface area contributed by atoms with Crippen LogP contribution in [0, 0.1) is 5.82 Å². The van der Waals surface area contributed by atoms with Gasteiger partial charge in [-0.2, -0.15) is 13.2 Å². The number of rotatable bonds is 4. The molecular formula is C18H18F4N4O2. The average molecular weight is 398 g/mol. The van der Waals surface area contributed by atoms with Crippen molar-refractivity contribution in [2.75, 3.05) is 25.1 Å². The molecule has 0 atom stereocenters. The molecule has 1 amide bonds. The number of nitrogens with one attached hydrogen (secondary N) is 1. The Labute approximate surface area is 158 Å². The van der Waals surface area contributed by atoms with Gasteiger partial charge in [0.1, 0.15) is 17.8 Å². The van der Waals surface area contributed by atoms with Gasteiger partial charge in [0.15, 0.2) is 11.6 Å². The van der Waals surface area contributed by atoms with E-state index in [1.165, 1.54) is 19.2 Å². The van der Waals surface area contributed by atoms with Crippen LogP contribution in [-0.2, 0) is 6.18 Å². The molecule has 1 aromatic carbocycles. The highest BCUT2D eigenvalue weighted by molar-refractivity contribution is 5.94. The number of nitrogens with zero attached hydrogens (tertiary/aromatic N) is 3. The molecule has 1 aliphatic heterocycles. The predicted molar refractivity (Wildman–Crippen MR) is 92.7 cm³/mol. The predicted octanol–water partition coefficient (Wildman–Crippen LogP) is 3.04. The van der Waals surface area contributed by atoms with Gasteiger partial charge in [0.2, 0.25) is 0 Å². The summed E-state index contributed by atoms with van der Waals surface area (Å²) in [4.78, 5) is 21.2. The molecule has 2 aromatic rings. The zero-order chi connectivity index (χ0) is 20.3. The molecule has 0 spiro atoms. The summed E-state index contributed by atoms with van der Waals surface area (Å²) in [6.07, 6.45) is -2.59. The number of benzene rings is 1. The average Bonchev–Trinajstić information content (AvgIpc) is 2.68. The summed E-state index contributed by atoms with van der Waals surface area (Å²) >= 11 is 0. The van der Waals surface area contributed by atoms with Crippen LogP contribution in [0.4, 0.5) is 23.4 Å². The number of piperidine rings is 1. The molecule has 6 nitrogen and oxygen atoms in total. The third-order valence-corrected chi connectivity index (χ3v) is 4.51. The molecule has 0 unspecified atom stereocenters. The summed E-state index contributed by atoms with van der Waals surface area (Å²) in [6, 6.07) is 4.69. The Bertz CT molecular complexity index is 852. The van der Waals surface area contributed by atoms with Gasteiger partial charge >= 0.3 is 6.18 Å². The van der Waals surface area contributed by atoms with Crippen LogP contribution >= 0.6 is 0 Å². The molecule has 1 aliphatic rings. The van der Waals surface area contributed by atoms with E-state index in [0.717, 1.165) is 18.5 Å². The fraction of sp³-hybridized carbons (Fsp3) is 0.389. The van der Waals surface area contributed by atoms with Gasteiger partial charge < -0.3 is 15.0 Å². The number of hydrogen-bond acceptors (Lipinski definition) is 5. The van der Waals surface area contributed by atoms with E-state index in [9.17, 15) is 22.4 Å². The normalized spacial score (nSPS) is 15.4. The van der Waals surface area contributed by atoms with Gasteiger partial charge in [-0.25, -0.2) is 14.4 Å². The summed E-state index contributed by atoms with van der Waals surface area (Å²) in [5, 5.41) is 2.82. The van der Waals surface area contributed by atoms with Crippen LogP contribution in [0.1, 0.15) is 28.9 Å². The zero-order valence-electron chi connectivity index (χ0n) is 15.0. The highest BCUT2D eigenvalue weighted by atomic mass is 19.4. The van der Waals surface area contributed by atoms with Crippen LogP contribution in [0.2, 0.25) is 0 Å². The number of halogens is 4. The molecule has 28 heavy (non-hydrogen) atoms. The van der Waals surface area contributed by atoms with Crippen LogP contribution < -0.4 is 15.0 Å². The molecule has 10 heteroatoms. The van der Waals surface area contributed by atoms with E-state index in [2.05, 4.69) is 15.3 Å². The second kappa shape index (κ2) is 7.99. The molecule has 3 rings (SSSR count). The molecule has 1 saturated heterocycles. The van der Waals surface area contributed by atoms with E-state index >= 15 is 0 Å². The Balaban J connectivity index is 1.58. The number of anilines is 1. The lowest BCUT2D eigenvalue weighted by Crippen LogP contribution is -2.45. The van der Waals surface area contributed by atoms with E-state index in [1.54, 1.807) is 4.90 Å². The minimum Gasteiger partial charge on any atom is -0.494 e. The van der Waals surface area contributed by atoms with Crippen molar-refractivity contribution in [1.82, 2.24) is 15.3 Å². The van der Waals surface area contributed by atoms with Crippen molar-refractivity contribution in [1.29, 1.82) is 0 Å². The molecular weight excluding hydrogens is 380 g/mol. The highest BCUT2D eigenvalue weighted by Crippen LogP contribution is 2.29. The summed E-state index contributed by atoms with van der Waals surface area (Å²) in [5.74, 6) is -0.798. The van der Waals surface area contributed by atoms with Crippen molar-refractivity contribution in [3.8, 4) is 5.75 Å². The Morgan fingerprint density at radius 2 is 1.93 bits per heavy atom. The standard InChI is InChI=1S/C18H18F4N4O2/c1-28-14-3-2-11(8-13(14)19)17(27)25-12-4-6-26(7-5-12)16-9-15(18(20,21)22)23-10-24-16/h2-3,8-10,12H,4-7H2,1H3,(H,25,27). The van der Waals surface area contributed by atoms with Gasteiger partial charge in [0, 0.05) is 30.8 Å². The Kier molecular flexibility index (Phi) is 5.66. The van der Waals surface area contributed by atoms with Crippen molar-refractivity contribution in [2.24, 2.45) is 0 Å². The summed E-state index contributed by atoms with van der Waals surface area (Å²) in [6.45, 7) is 0.854. The second-order valence-electron chi connectivity index (χ2n) is 6.34. The topological polar surface area (TPSA) is 67.3 Å². The van der Waals surface area contributed by atoms with Crippen molar-refractivity contribution >= 4 is 11.7 Å². The molecule has 0 radical (unpaired) electrons. The van der Waals surface area contributed by atoms with E-state index in [-0.39, 0.29) is 23.2 Å². The first-order valence-corrected chi connectivity index (χ1v) is 8.56. The van der Waals surface area contributed by atoms with E-state index < -0.39 is 23.6 Å². The number of amides is 1. The van der Waals surface area contributed by atoms with E-state index in [4.69, 9.17) is 4.74 Å². The largest absolute Gasteiger partial charge is 0.494 e. The van der Waals surface area contributed by atoms with Gasteiger partial charge in [-0.1, -0.05) is 0 Å². The summed E-state index contributed by atoms with van der Waals surface area (Å²) in [5.41, 5.74) is -0.819. The quantitative estimate of drug-likeness (QED) is 0.802. The highest BCUT2D eigenvalue weighted by Gasteiger charge is 2.33. The maximum atomic E-state index is 13.7. The first kappa shape index (κ1) is 19.8. The van der Waals surface area contributed by atoms with Gasteiger partial charge in [-0.15, -0.1) is 0 Å². The number of hydrogen-bond donors (Lipinski definition) is 1. The van der Waals surface area contributed by atoms with Gasteiger partial charge in [-0.3, -0.25) is 4.79 Å². The fourth-order valence-electron chi connectivity index (χ4n) is 3.00. The van der Waals surface area contributed by atoms with Gasteiger partial charge in [-0.05, 0) is 31.0 Å². The van der Waals surface area contributed by atoms with Crippen LogP contribution in [-0.4, -0.2) is 42.1 Å². The maximum absolute atomic E-state index is 13.7. The Morgan fingerprint density at radius 3 is 2.54 bits per heavy atom. The Morgan fingerprint density at radius 1 is 1.21 bits per heavy atom. The van der Waals surface area contributed by atoms with Crippen LogP contribution in [0.5, 0.6) is 5.75 Å². The third-order valence-electron chi connectivity index (χ3n) is 4.51. The number of carbonyl (C=O) groups excluding carboxylic acids is 1. The fourth-order valence-corrected chi connectivity index (χ4v) is 3.00. The first-order chi connectivity index (χ1) is 13.3. The van der Waals surface area contributed by atoms with Crippen molar-refractivity contribution in [2.45, 2.75) is 25.1 Å². The second-order valence-corrected chi connectivity index (χ2v) is 6.34. The first-order valence-electron chi connectivity index (χ1n) is 8.56. The molecule has 0 bridgehead atoms. The number of alkyl halides is 3. The number of ether oxygens (including phenoxy) is 1. The molecule has 1 aromatic heterocycles. The van der Waals surface area contributed by atoms with Crippen molar-refractivity contribution in [3.63, 3.8) is 0 Å². The zero-order valence-corrected chi connectivity index (χ0v) is 15.0. The van der Waals surface area contributed by atoms with Crippen LogP contribution in [0.25, 0.3) is 0 Å². The molecule has 150 valence electrons. The number of aromatic nitrogens is 2.